The molecule has 4 heterocycles. The number of hydrogen-bond acceptors (Lipinski definition) is 3. The molecule has 4 aromatic heterocycles. The van der Waals surface area contributed by atoms with E-state index in [9.17, 15) is 0 Å². The Hall–Kier alpha value is -5.32. The van der Waals surface area contributed by atoms with Gasteiger partial charge in [-0.05, 0) is 87.1 Å². The van der Waals surface area contributed by atoms with Crippen LogP contribution in [-0.2, 0) is 39.2 Å². The van der Waals surface area contributed by atoms with Crippen LogP contribution in [-0.4, -0.2) is 19.1 Å². The Bertz CT molecular complexity index is 2870. The van der Waals surface area contributed by atoms with Gasteiger partial charge >= 0.3 is 0 Å². The van der Waals surface area contributed by atoms with Gasteiger partial charge in [0, 0.05) is 56.4 Å². The molecule has 0 aliphatic carbocycles. The number of imidazole rings is 1. The number of nitrogens with zero attached hydrogens (tertiary/aromatic N) is 5. The van der Waals surface area contributed by atoms with E-state index >= 15 is 0 Å². The maximum atomic E-state index is 9.07. The van der Waals surface area contributed by atoms with E-state index in [1.807, 2.05) is 59.9 Å². The molecule has 0 saturated heterocycles. The third kappa shape index (κ3) is 9.03. The number of aromatic nitrogens is 5. The average molecular weight is 949 g/mol. The molecule has 0 radical (unpaired) electrons. The number of rotatable bonds is 8. The van der Waals surface area contributed by atoms with Crippen molar-refractivity contribution in [2.45, 2.75) is 80.5 Å². The first-order valence-corrected chi connectivity index (χ1v) is 19.4. The van der Waals surface area contributed by atoms with Gasteiger partial charge in [0.25, 0.3) is 6.33 Å². The third-order valence-corrected chi connectivity index (χ3v) is 9.52. The molecule has 0 aliphatic heterocycles. The Morgan fingerprint density at radius 1 is 0.690 bits per heavy atom. The van der Waals surface area contributed by atoms with Gasteiger partial charge in [0.15, 0.2) is 0 Å². The Balaban J connectivity index is 0.00000578. The number of fused-ring (bicyclic) bond motifs is 3. The second-order valence-electron chi connectivity index (χ2n) is 17.7. The van der Waals surface area contributed by atoms with Gasteiger partial charge < -0.3 is 9.30 Å². The summed E-state index contributed by atoms with van der Waals surface area (Å²) in [6.07, 6.45) is 6.88. The van der Waals surface area contributed by atoms with Crippen LogP contribution < -0.4 is 9.30 Å². The van der Waals surface area contributed by atoms with Gasteiger partial charge in [0.05, 0.1) is 11.5 Å². The van der Waals surface area contributed by atoms with Gasteiger partial charge in [-0.25, -0.2) is 4.98 Å². The van der Waals surface area contributed by atoms with Crippen molar-refractivity contribution in [1.29, 1.82) is 0 Å². The van der Waals surface area contributed by atoms with E-state index in [0.29, 0.717) is 34.1 Å². The minimum atomic E-state index is -1.75. The third-order valence-electron chi connectivity index (χ3n) is 9.52. The van der Waals surface area contributed by atoms with Crippen molar-refractivity contribution in [1.82, 2.24) is 19.1 Å². The largest absolute Gasteiger partial charge is 0.522 e. The van der Waals surface area contributed by atoms with Crippen LogP contribution in [0.5, 0.6) is 11.5 Å². The van der Waals surface area contributed by atoms with Gasteiger partial charge in [-0.1, -0.05) is 134 Å². The van der Waals surface area contributed by atoms with Gasteiger partial charge in [-0.2, -0.15) is 18.2 Å². The van der Waals surface area contributed by atoms with Crippen LogP contribution in [0, 0.1) is 29.3 Å². The Morgan fingerprint density at radius 3 is 2.07 bits per heavy atom. The van der Waals surface area contributed by atoms with E-state index in [2.05, 4.69) is 109 Å². The van der Waals surface area contributed by atoms with Crippen molar-refractivity contribution in [2.24, 2.45) is 10.8 Å². The molecule has 0 saturated carbocycles. The summed E-state index contributed by atoms with van der Waals surface area (Å²) in [6.45, 7) is 17.7. The summed E-state index contributed by atoms with van der Waals surface area (Å²) in [5, 5.41) is 2.10. The van der Waals surface area contributed by atoms with Crippen LogP contribution in [0.15, 0.2) is 122 Å². The second-order valence-corrected chi connectivity index (χ2v) is 17.7. The molecule has 0 aliphatic rings. The molecule has 0 N–H and O–H groups in total. The van der Waals surface area contributed by atoms with Crippen molar-refractivity contribution in [3.8, 4) is 39.9 Å². The Morgan fingerprint density at radius 2 is 1.38 bits per heavy atom. The summed E-state index contributed by atoms with van der Waals surface area (Å²) < 4.78 is 48.3. The van der Waals surface area contributed by atoms with Crippen LogP contribution in [0.4, 0.5) is 0 Å². The summed E-state index contributed by atoms with van der Waals surface area (Å²) in [6, 6.07) is 38.9. The summed E-state index contributed by atoms with van der Waals surface area (Å²) in [5.41, 5.74) is 5.10. The molecule has 0 fully saturated rings. The molecule has 0 amide bonds. The molecular weight excluding hydrogens is 894 g/mol. The predicted molar refractivity (Wildman–Crippen MR) is 231 cm³/mol. The Labute approximate surface area is 363 Å². The van der Waals surface area contributed by atoms with Crippen LogP contribution >= 0.6 is 0 Å². The smallest absolute Gasteiger partial charge is 0.268 e. The zero-order chi connectivity index (χ0) is 43.7. The van der Waals surface area contributed by atoms with Crippen molar-refractivity contribution in [2.75, 3.05) is 0 Å². The van der Waals surface area contributed by atoms with E-state index in [1.165, 1.54) is 5.56 Å². The summed E-state index contributed by atoms with van der Waals surface area (Å²) >= 11 is 0. The Kier molecular flexibility index (Phi) is 9.75. The van der Waals surface area contributed by atoms with Crippen molar-refractivity contribution in [3.05, 3.63) is 157 Å². The fourth-order valence-corrected chi connectivity index (χ4v) is 7.04. The quantitative estimate of drug-likeness (QED) is 0.113. The molecule has 0 bridgehead atoms. The monoisotopic (exact) mass is 948 g/mol. The van der Waals surface area contributed by atoms with Gasteiger partial charge in [0.1, 0.15) is 5.82 Å². The van der Waals surface area contributed by atoms with E-state index < -0.39 is 23.6 Å². The number of hydrogen-bond donors (Lipinski definition) is 0. The fourth-order valence-electron chi connectivity index (χ4n) is 7.04. The fraction of sp³-hybridized carbons (Fsp3) is 0.275. The zero-order valence-electron chi connectivity index (χ0n) is 38.5. The van der Waals surface area contributed by atoms with Crippen LogP contribution in [0.1, 0.15) is 84.5 Å². The zero-order valence-corrected chi connectivity index (χ0v) is 36.8. The molecule has 0 spiro atoms. The molecule has 7 heteroatoms. The standard InChI is InChI=1S/C51H51N5O.Pt/c1-49(2,3)32-35-25-36(33-50(4,5)6)27-40(26-35)54-23-24-55(34-54)47-31-42(20-22-52-47)57-41-16-17-43-44-28-38(37-13-11-10-12-14-37)15-18-45(44)56(46(43)30-41)48-29-39(19-21-53-48)51(7,8)9;/h10-29H,32-33H2,1-9H3;/q-2;/i32D2,33D2;. The van der Waals surface area contributed by atoms with Crippen molar-refractivity contribution >= 4 is 21.8 Å². The normalized spacial score (nSPS) is 13.7. The first-order valence-electron chi connectivity index (χ1n) is 21.4. The maximum Gasteiger partial charge on any atom is 0.268 e. The first kappa shape index (κ1) is 35.8. The van der Waals surface area contributed by atoms with Gasteiger partial charge in [0.2, 0.25) is 0 Å². The van der Waals surface area contributed by atoms with Gasteiger partial charge in [-0.15, -0.1) is 17.5 Å². The number of benzene rings is 4. The van der Waals surface area contributed by atoms with E-state index in [1.54, 1.807) is 52.0 Å². The van der Waals surface area contributed by atoms with Crippen molar-refractivity contribution in [3.63, 3.8) is 0 Å². The molecule has 4 aromatic carbocycles. The molecular formula is C51H51N5OPt-2. The number of ether oxygens (including phenoxy) is 1. The SMILES string of the molecule is [2H]C([2H])(c1cc(-[n+]2[c-]n(-c3[c-]c(Oc4[c-]c5c(cc4)c4cc(-c6ccccc6)ccc4n5-c4cc(C(C)(C)C)ccn4)ccn3)cc2)cc(C([2H])([2H])C(C)(C)C)c1)C(C)(C)C.[Pt]. The molecule has 298 valence electrons. The summed E-state index contributed by atoms with van der Waals surface area (Å²) in [4.78, 5) is 9.43. The molecule has 6 nitrogen and oxygen atoms in total. The first-order chi connectivity index (χ1) is 28.6. The number of pyridine rings is 2. The van der Waals surface area contributed by atoms with Gasteiger partial charge in [-0.3, -0.25) is 14.1 Å². The molecule has 58 heavy (non-hydrogen) atoms. The minimum absolute atomic E-state index is 0. The van der Waals surface area contributed by atoms with Crippen LogP contribution in [0.25, 0.3) is 50.3 Å². The maximum absolute atomic E-state index is 9.07. The average Bonchev–Trinajstić information content (AvgIpc) is 3.83. The van der Waals surface area contributed by atoms with E-state index in [4.69, 9.17) is 15.2 Å². The van der Waals surface area contributed by atoms with E-state index in [-0.39, 0.29) is 26.5 Å². The molecule has 0 atom stereocenters. The summed E-state index contributed by atoms with van der Waals surface area (Å²) in [7, 11) is 0. The van der Waals surface area contributed by atoms with Crippen LogP contribution in [0.3, 0.4) is 0 Å². The van der Waals surface area contributed by atoms with E-state index in [0.717, 1.165) is 38.8 Å². The minimum Gasteiger partial charge on any atom is -0.522 e. The topological polar surface area (TPSA) is 48.8 Å². The summed E-state index contributed by atoms with van der Waals surface area (Å²) in [5.74, 6) is 2.15. The predicted octanol–water partition coefficient (Wildman–Crippen LogP) is 12.0. The molecule has 8 aromatic rings. The van der Waals surface area contributed by atoms with Crippen molar-refractivity contribution < 1.29 is 35.9 Å². The van der Waals surface area contributed by atoms with Crippen LogP contribution in [0.2, 0.25) is 0 Å². The molecule has 0 unspecified atom stereocenters. The second kappa shape index (κ2) is 15.8. The molecule has 8 rings (SSSR count).